The number of rotatable bonds is 4. The lowest BCUT2D eigenvalue weighted by Crippen LogP contribution is -2.40. The summed E-state index contributed by atoms with van der Waals surface area (Å²) in [6.45, 7) is 1.76. The van der Waals surface area contributed by atoms with Gasteiger partial charge in [-0.2, -0.15) is 0 Å². The number of aliphatic carboxylic acids is 1. The predicted octanol–water partition coefficient (Wildman–Crippen LogP) is 1.70. The van der Waals surface area contributed by atoms with E-state index in [2.05, 4.69) is 15.3 Å². The molecule has 1 heterocycles. The molecule has 0 amide bonds. The van der Waals surface area contributed by atoms with Gasteiger partial charge in [0.05, 0.1) is 5.41 Å². The van der Waals surface area contributed by atoms with E-state index in [-0.39, 0.29) is 11.6 Å². The second kappa shape index (κ2) is 4.61. The molecule has 2 atom stereocenters. The first-order valence-electron chi connectivity index (χ1n) is 7.10. The minimum atomic E-state index is -0.792. The molecule has 0 aliphatic heterocycles. The van der Waals surface area contributed by atoms with Crippen LogP contribution in [0.25, 0.3) is 0 Å². The zero-order valence-corrected chi connectivity index (χ0v) is 11.5. The van der Waals surface area contributed by atoms with Crippen LogP contribution in [-0.2, 0) is 4.79 Å². The van der Waals surface area contributed by atoms with Crippen LogP contribution in [0.15, 0.2) is 10.9 Å². The Hall–Kier alpha value is -1.85. The molecule has 1 aromatic heterocycles. The Kier molecular flexibility index (Phi) is 3.03. The van der Waals surface area contributed by atoms with Gasteiger partial charge < -0.3 is 15.4 Å². The van der Waals surface area contributed by atoms with Gasteiger partial charge in [0.2, 0.25) is 0 Å². The van der Waals surface area contributed by atoms with Crippen molar-refractivity contribution >= 4 is 11.8 Å². The molecular weight excluding hydrogens is 258 g/mol. The van der Waals surface area contributed by atoms with Crippen molar-refractivity contribution in [3.05, 3.63) is 22.2 Å². The van der Waals surface area contributed by atoms with E-state index in [0.29, 0.717) is 18.2 Å². The largest absolute Gasteiger partial charge is 0.481 e. The van der Waals surface area contributed by atoms with Gasteiger partial charge in [0.1, 0.15) is 11.6 Å². The predicted molar refractivity (Wildman–Crippen MR) is 73.8 cm³/mol. The molecule has 3 N–H and O–H groups in total. The van der Waals surface area contributed by atoms with Gasteiger partial charge in [0.15, 0.2) is 0 Å². The lowest BCUT2D eigenvalue weighted by Gasteiger charge is -2.28. The lowest BCUT2D eigenvalue weighted by molar-refractivity contribution is -0.147. The first kappa shape index (κ1) is 13.1. The molecule has 1 aromatic rings. The number of aromatic amines is 1. The van der Waals surface area contributed by atoms with E-state index in [1.54, 1.807) is 6.92 Å². The third-order valence-electron chi connectivity index (χ3n) is 4.49. The van der Waals surface area contributed by atoms with E-state index in [1.807, 2.05) is 0 Å². The number of hydrogen-bond donors (Lipinski definition) is 3. The summed E-state index contributed by atoms with van der Waals surface area (Å²) in [5.74, 6) is 0.781. The second-order valence-corrected chi connectivity index (χ2v) is 6.10. The summed E-state index contributed by atoms with van der Waals surface area (Å²) < 4.78 is 0. The van der Waals surface area contributed by atoms with Crippen LogP contribution >= 0.6 is 0 Å². The number of carbonyl (C=O) groups is 1. The van der Waals surface area contributed by atoms with Gasteiger partial charge >= 0.3 is 5.97 Å². The maximum absolute atomic E-state index is 11.7. The summed E-state index contributed by atoms with van der Waals surface area (Å²) in [6.07, 6.45) is 4.43. The highest BCUT2D eigenvalue weighted by Gasteiger charge is 2.45. The summed E-state index contributed by atoms with van der Waals surface area (Å²) in [4.78, 5) is 30.3. The molecule has 2 unspecified atom stereocenters. The van der Waals surface area contributed by atoms with Crippen molar-refractivity contribution in [1.82, 2.24) is 9.97 Å². The number of nitrogens with zero attached hydrogens (tertiary/aromatic N) is 1. The molecule has 0 saturated heterocycles. The van der Waals surface area contributed by atoms with Crippen LogP contribution in [0.4, 0.5) is 5.82 Å². The third-order valence-corrected chi connectivity index (χ3v) is 4.49. The van der Waals surface area contributed by atoms with Crippen LogP contribution in [-0.4, -0.2) is 27.1 Å². The van der Waals surface area contributed by atoms with Crippen LogP contribution in [0.1, 0.15) is 50.8 Å². The van der Waals surface area contributed by atoms with Crippen LogP contribution in [0.5, 0.6) is 0 Å². The fourth-order valence-electron chi connectivity index (χ4n) is 2.93. The fourth-order valence-corrected chi connectivity index (χ4v) is 2.93. The first-order chi connectivity index (χ1) is 9.49. The van der Waals surface area contributed by atoms with Gasteiger partial charge in [-0.15, -0.1) is 0 Å². The highest BCUT2D eigenvalue weighted by molar-refractivity contribution is 5.76. The van der Waals surface area contributed by atoms with E-state index < -0.39 is 11.4 Å². The van der Waals surface area contributed by atoms with Crippen LogP contribution in [0, 0.1) is 5.41 Å². The van der Waals surface area contributed by atoms with Crippen LogP contribution in [0.2, 0.25) is 0 Å². The van der Waals surface area contributed by atoms with Crippen molar-refractivity contribution in [3.63, 3.8) is 0 Å². The standard InChI is InChI=1S/C14H19N3O3/c1-14(13(19)20)6-2-3-9(14)15-10-7-11(18)17-12(16-10)8-4-5-8/h7-9H,2-6H2,1H3,(H,19,20)(H2,15,16,17,18). The number of H-pyrrole nitrogens is 1. The fraction of sp³-hybridized carbons (Fsp3) is 0.643. The summed E-state index contributed by atoms with van der Waals surface area (Å²) in [5.41, 5.74) is -0.969. The maximum atomic E-state index is 11.7. The number of carboxylic acid groups (broad SMARTS) is 1. The highest BCUT2D eigenvalue weighted by atomic mass is 16.4. The number of anilines is 1. The van der Waals surface area contributed by atoms with Crippen molar-refractivity contribution in [1.29, 1.82) is 0 Å². The van der Waals surface area contributed by atoms with E-state index in [0.717, 1.165) is 31.5 Å². The van der Waals surface area contributed by atoms with Gasteiger partial charge in [-0.05, 0) is 32.6 Å². The van der Waals surface area contributed by atoms with Gasteiger partial charge in [-0.25, -0.2) is 4.98 Å². The van der Waals surface area contributed by atoms with Crippen molar-refractivity contribution in [2.45, 2.75) is 51.0 Å². The smallest absolute Gasteiger partial charge is 0.311 e. The molecule has 2 aliphatic rings. The molecule has 0 radical (unpaired) electrons. The molecule has 3 rings (SSSR count). The lowest BCUT2D eigenvalue weighted by atomic mass is 9.85. The molecule has 0 aromatic carbocycles. The van der Waals surface area contributed by atoms with Crippen molar-refractivity contribution < 1.29 is 9.90 Å². The van der Waals surface area contributed by atoms with Crippen LogP contribution < -0.4 is 10.9 Å². The van der Waals surface area contributed by atoms with Crippen LogP contribution in [0.3, 0.4) is 0 Å². The average molecular weight is 277 g/mol. The van der Waals surface area contributed by atoms with E-state index in [4.69, 9.17) is 0 Å². The molecular formula is C14H19N3O3. The third kappa shape index (κ3) is 2.30. The summed E-state index contributed by atoms with van der Waals surface area (Å²) >= 11 is 0. The molecule has 6 nitrogen and oxygen atoms in total. The zero-order chi connectivity index (χ0) is 14.3. The van der Waals surface area contributed by atoms with Gasteiger partial charge in [0, 0.05) is 18.0 Å². The zero-order valence-electron chi connectivity index (χ0n) is 11.5. The van der Waals surface area contributed by atoms with E-state index >= 15 is 0 Å². The Labute approximate surface area is 116 Å². The highest BCUT2D eigenvalue weighted by Crippen LogP contribution is 2.40. The van der Waals surface area contributed by atoms with Crippen molar-refractivity contribution in [3.8, 4) is 0 Å². The topological polar surface area (TPSA) is 95.1 Å². The Morgan fingerprint density at radius 2 is 2.25 bits per heavy atom. The Balaban J connectivity index is 1.84. The minimum absolute atomic E-state index is 0.179. The van der Waals surface area contributed by atoms with Crippen molar-refractivity contribution in [2.75, 3.05) is 5.32 Å². The number of aromatic nitrogens is 2. The number of carboxylic acids is 1. The molecule has 20 heavy (non-hydrogen) atoms. The monoisotopic (exact) mass is 277 g/mol. The SMILES string of the molecule is CC1(C(=O)O)CCCC1Nc1cc(=O)[nH]c(C2CC2)n1. The van der Waals surface area contributed by atoms with E-state index in [1.165, 1.54) is 6.07 Å². The molecule has 2 fully saturated rings. The normalized spacial score (nSPS) is 29.4. The minimum Gasteiger partial charge on any atom is -0.481 e. The summed E-state index contributed by atoms with van der Waals surface area (Å²) in [7, 11) is 0. The number of hydrogen-bond acceptors (Lipinski definition) is 4. The van der Waals surface area contributed by atoms with Gasteiger partial charge in [-0.3, -0.25) is 9.59 Å². The quantitative estimate of drug-likeness (QED) is 0.778. The average Bonchev–Trinajstić information content (AvgIpc) is 3.15. The maximum Gasteiger partial charge on any atom is 0.311 e. The molecule has 0 spiro atoms. The molecule has 0 bridgehead atoms. The Bertz CT molecular complexity index is 594. The van der Waals surface area contributed by atoms with Gasteiger partial charge in [-0.1, -0.05) is 6.42 Å². The summed E-state index contributed by atoms with van der Waals surface area (Å²) in [5, 5.41) is 12.6. The molecule has 108 valence electrons. The second-order valence-electron chi connectivity index (χ2n) is 6.10. The van der Waals surface area contributed by atoms with E-state index in [9.17, 15) is 14.7 Å². The molecule has 2 aliphatic carbocycles. The Morgan fingerprint density at radius 1 is 1.50 bits per heavy atom. The Morgan fingerprint density at radius 3 is 2.90 bits per heavy atom. The molecule has 6 heteroatoms. The van der Waals surface area contributed by atoms with Crippen molar-refractivity contribution in [2.24, 2.45) is 5.41 Å². The first-order valence-corrected chi connectivity index (χ1v) is 7.10. The molecule has 2 saturated carbocycles. The summed E-state index contributed by atoms with van der Waals surface area (Å²) in [6, 6.07) is 1.23. The number of nitrogens with one attached hydrogen (secondary N) is 2. The van der Waals surface area contributed by atoms with Gasteiger partial charge in [0.25, 0.3) is 5.56 Å².